The van der Waals surface area contributed by atoms with Gasteiger partial charge in [-0.15, -0.1) is 10.2 Å². The highest BCUT2D eigenvalue weighted by atomic mass is 35.5. The molecular formula is C27H24Cl2N4O5S. The van der Waals surface area contributed by atoms with Gasteiger partial charge >= 0.3 is 0 Å². The number of thioether (sulfide) groups is 1. The minimum absolute atomic E-state index is 0.0185. The Labute approximate surface area is 239 Å². The van der Waals surface area contributed by atoms with Crippen LogP contribution >= 0.6 is 35.0 Å². The number of aryl methyl sites for hydroxylation is 1. The Hall–Kier alpha value is -3.73. The third-order valence-electron chi connectivity index (χ3n) is 5.09. The van der Waals surface area contributed by atoms with Crippen molar-refractivity contribution in [2.45, 2.75) is 25.4 Å². The molecule has 9 nitrogen and oxygen atoms in total. The Bertz CT molecular complexity index is 1460. The molecule has 39 heavy (non-hydrogen) atoms. The number of hydrogen-bond acceptors (Lipinski definition) is 9. The first kappa shape index (κ1) is 28.3. The van der Waals surface area contributed by atoms with E-state index in [0.29, 0.717) is 33.9 Å². The van der Waals surface area contributed by atoms with Crippen LogP contribution in [0.4, 0.5) is 0 Å². The highest BCUT2D eigenvalue weighted by Crippen LogP contribution is 2.29. The first-order valence-electron chi connectivity index (χ1n) is 11.6. The highest BCUT2D eigenvalue weighted by molar-refractivity contribution is 7.99. The summed E-state index contributed by atoms with van der Waals surface area (Å²) in [5, 5.41) is 12.9. The fourth-order valence-corrected chi connectivity index (χ4v) is 4.31. The minimum Gasteiger partial charge on any atom is -0.493 e. The third-order valence-corrected chi connectivity index (χ3v) is 6.44. The van der Waals surface area contributed by atoms with E-state index < -0.39 is 0 Å². The molecule has 0 atom stereocenters. The summed E-state index contributed by atoms with van der Waals surface area (Å²) in [6.07, 6.45) is 1.51. The number of carbonyl (C=O) groups excluding carboxylic acids is 1. The van der Waals surface area contributed by atoms with Gasteiger partial charge < -0.3 is 18.6 Å². The van der Waals surface area contributed by atoms with Crippen molar-refractivity contribution < 1.29 is 23.4 Å². The molecule has 3 aromatic carbocycles. The second-order valence-electron chi connectivity index (χ2n) is 8.10. The van der Waals surface area contributed by atoms with Gasteiger partial charge in [-0.25, -0.2) is 5.43 Å². The lowest BCUT2D eigenvalue weighted by atomic mass is 10.1. The summed E-state index contributed by atoms with van der Waals surface area (Å²) in [4.78, 5) is 12.2. The van der Waals surface area contributed by atoms with Crippen molar-refractivity contribution in [2.75, 3.05) is 12.9 Å². The maximum Gasteiger partial charge on any atom is 0.277 e. The summed E-state index contributed by atoms with van der Waals surface area (Å²) < 4.78 is 22.4. The van der Waals surface area contributed by atoms with Gasteiger partial charge in [0.1, 0.15) is 12.4 Å². The highest BCUT2D eigenvalue weighted by Gasteiger charge is 2.11. The number of methoxy groups -OCH3 is 1. The molecule has 4 rings (SSSR count). The maximum atomic E-state index is 12.2. The Morgan fingerprint density at radius 3 is 2.64 bits per heavy atom. The molecule has 0 fully saturated rings. The van der Waals surface area contributed by atoms with Crippen LogP contribution in [0.3, 0.4) is 0 Å². The fourth-order valence-electron chi connectivity index (χ4n) is 3.27. The number of nitrogens with zero attached hydrogens (tertiary/aromatic N) is 3. The van der Waals surface area contributed by atoms with Crippen molar-refractivity contribution in [3.8, 4) is 17.2 Å². The van der Waals surface area contributed by atoms with E-state index in [4.69, 9.17) is 41.8 Å². The zero-order valence-electron chi connectivity index (χ0n) is 21.0. The fraction of sp³-hybridized carbons (Fsp3) is 0.185. The van der Waals surface area contributed by atoms with Crippen LogP contribution in [0.25, 0.3) is 0 Å². The second kappa shape index (κ2) is 13.9. The Kier molecular flexibility index (Phi) is 10.1. The second-order valence-corrected chi connectivity index (χ2v) is 9.87. The van der Waals surface area contributed by atoms with E-state index >= 15 is 0 Å². The number of rotatable bonds is 12. The molecular weight excluding hydrogens is 563 g/mol. The maximum absolute atomic E-state index is 12.2. The molecule has 0 bridgehead atoms. The van der Waals surface area contributed by atoms with Crippen LogP contribution in [0.5, 0.6) is 17.2 Å². The molecule has 1 amide bonds. The van der Waals surface area contributed by atoms with Gasteiger partial charge in [-0.2, -0.15) is 5.10 Å². The van der Waals surface area contributed by atoms with Crippen molar-refractivity contribution >= 4 is 47.1 Å². The number of aromatic nitrogens is 2. The standard InChI is InChI=1S/C27H24Cl2N4O5S/c1-17-4-3-5-19(10-17)14-36-23-8-6-18(11-24(23)35-2)13-30-31-25(34)16-39-27-33-32-26(38-27)15-37-22-9-7-20(28)12-21(22)29/h3-13H,14-16H2,1-2H3,(H,31,34)/b30-13-. The number of hydrazone groups is 1. The molecule has 0 aliphatic heterocycles. The number of hydrogen-bond donors (Lipinski definition) is 1. The van der Waals surface area contributed by atoms with Crippen LogP contribution in [-0.4, -0.2) is 35.2 Å². The quantitative estimate of drug-likeness (QED) is 0.121. The molecule has 0 unspecified atom stereocenters. The summed E-state index contributed by atoms with van der Waals surface area (Å²) >= 11 is 13.0. The predicted octanol–water partition coefficient (Wildman–Crippen LogP) is 6.09. The molecule has 1 N–H and O–H groups in total. The number of halogens is 2. The molecule has 0 radical (unpaired) electrons. The van der Waals surface area contributed by atoms with Crippen LogP contribution in [0, 0.1) is 6.92 Å². The van der Waals surface area contributed by atoms with Gasteiger partial charge in [-0.3, -0.25) is 4.79 Å². The van der Waals surface area contributed by atoms with Gasteiger partial charge in [-0.1, -0.05) is 64.8 Å². The van der Waals surface area contributed by atoms with Gasteiger partial charge in [0.25, 0.3) is 17.0 Å². The predicted molar refractivity (Wildman–Crippen MR) is 150 cm³/mol. The minimum atomic E-state index is -0.342. The van der Waals surface area contributed by atoms with Gasteiger partial charge in [0.15, 0.2) is 18.1 Å². The zero-order valence-corrected chi connectivity index (χ0v) is 23.3. The largest absolute Gasteiger partial charge is 0.493 e. The molecule has 1 heterocycles. The van der Waals surface area contributed by atoms with E-state index in [1.54, 1.807) is 37.4 Å². The van der Waals surface area contributed by atoms with Crippen LogP contribution in [-0.2, 0) is 18.0 Å². The molecule has 1 aromatic heterocycles. The number of ether oxygens (including phenoxy) is 3. The monoisotopic (exact) mass is 586 g/mol. The van der Waals surface area contributed by atoms with E-state index in [1.807, 2.05) is 31.2 Å². The smallest absolute Gasteiger partial charge is 0.277 e. The molecule has 4 aromatic rings. The number of amides is 1. The first-order chi connectivity index (χ1) is 18.9. The molecule has 0 aliphatic carbocycles. The Balaban J connectivity index is 1.22. The normalized spacial score (nSPS) is 11.0. The SMILES string of the molecule is COc1cc(/C=N\NC(=O)CSc2nnc(COc3ccc(Cl)cc3Cl)o2)ccc1OCc1cccc(C)c1. The van der Waals surface area contributed by atoms with Crippen molar-refractivity contribution in [3.05, 3.63) is 93.3 Å². The molecule has 0 spiro atoms. The van der Waals surface area contributed by atoms with Gasteiger partial charge in [0.2, 0.25) is 0 Å². The van der Waals surface area contributed by atoms with Crippen molar-refractivity contribution in [1.29, 1.82) is 0 Å². The van der Waals surface area contributed by atoms with Gasteiger partial charge in [-0.05, 0) is 54.4 Å². The van der Waals surface area contributed by atoms with Crippen LogP contribution in [0.2, 0.25) is 10.0 Å². The number of nitrogens with one attached hydrogen (secondary N) is 1. The third kappa shape index (κ3) is 8.64. The lowest BCUT2D eigenvalue weighted by Crippen LogP contribution is -2.19. The van der Waals surface area contributed by atoms with Crippen LogP contribution in [0.15, 0.2) is 75.4 Å². The Morgan fingerprint density at radius 2 is 1.85 bits per heavy atom. The topological polar surface area (TPSA) is 108 Å². The van der Waals surface area contributed by atoms with Crippen molar-refractivity contribution in [1.82, 2.24) is 15.6 Å². The van der Waals surface area contributed by atoms with Crippen molar-refractivity contribution in [3.63, 3.8) is 0 Å². The van der Waals surface area contributed by atoms with Crippen LogP contribution in [0.1, 0.15) is 22.6 Å². The summed E-state index contributed by atoms with van der Waals surface area (Å²) in [6, 6.07) is 18.4. The first-order valence-corrected chi connectivity index (χ1v) is 13.3. The molecule has 12 heteroatoms. The van der Waals surface area contributed by atoms with Crippen molar-refractivity contribution in [2.24, 2.45) is 5.10 Å². The molecule has 0 saturated carbocycles. The average Bonchev–Trinajstić information content (AvgIpc) is 3.38. The lowest BCUT2D eigenvalue weighted by Gasteiger charge is -2.11. The lowest BCUT2D eigenvalue weighted by molar-refractivity contribution is -0.118. The van der Waals surface area contributed by atoms with E-state index in [0.717, 1.165) is 22.9 Å². The van der Waals surface area contributed by atoms with Gasteiger partial charge in [0, 0.05) is 5.02 Å². The summed E-state index contributed by atoms with van der Waals surface area (Å²) in [6.45, 7) is 2.48. The van der Waals surface area contributed by atoms with E-state index in [2.05, 4.69) is 26.8 Å². The number of carbonyl (C=O) groups is 1. The van der Waals surface area contributed by atoms with Gasteiger partial charge in [0.05, 0.1) is 24.1 Å². The summed E-state index contributed by atoms with van der Waals surface area (Å²) in [5.41, 5.74) is 5.43. The molecule has 0 aliphatic rings. The summed E-state index contributed by atoms with van der Waals surface area (Å²) in [7, 11) is 1.57. The zero-order chi connectivity index (χ0) is 27.6. The Morgan fingerprint density at radius 1 is 1.03 bits per heavy atom. The van der Waals surface area contributed by atoms with E-state index in [1.165, 1.54) is 11.8 Å². The van der Waals surface area contributed by atoms with E-state index in [9.17, 15) is 4.79 Å². The van der Waals surface area contributed by atoms with E-state index in [-0.39, 0.29) is 29.4 Å². The molecule has 0 saturated heterocycles. The summed E-state index contributed by atoms with van der Waals surface area (Å²) in [5.74, 6) is 1.53. The molecule has 202 valence electrons. The number of benzene rings is 3. The average molecular weight is 587 g/mol. The van der Waals surface area contributed by atoms with Crippen LogP contribution < -0.4 is 19.6 Å².